The van der Waals surface area contributed by atoms with Gasteiger partial charge in [-0.3, -0.25) is 4.68 Å². The molecule has 3 rings (SSSR count). The zero-order valence-electron chi connectivity index (χ0n) is 14.8. The third-order valence-electron chi connectivity index (χ3n) is 4.45. The molecule has 0 atom stereocenters. The lowest BCUT2D eigenvalue weighted by Crippen LogP contribution is -2.23. The first-order valence-electron chi connectivity index (χ1n) is 8.77. The lowest BCUT2D eigenvalue weighted by molar-refractivity contribution is 0.0899. The van der Waals surface area contributed by atoms with E-state index in [-0.39, 0.29) is 29.1 Å². The van der Waals surface area contributed by atoms with Crippen molar-refractivity contribution in [2.45, 2.75) is 51.7 Å². The molecule has 9 heteroatoms. The maximum Gasteiger partial charge on any atom is 0.255 e. The molecule has 2 N–H and O–H groups in total. The Balaban J connectivity index is 1.65. The van der Waals surface area contributed by atoms with E-state index in [0.29, 0.717) is 18.2 Å². The van der Waals surface area contributed by atoms with Gasteiger partial charge in [-0.15, -0.1) is 0 Å². The van der Waals surface area contributed by atoms with Crippen LogP contribution in [0.1, 0.15) is 45.6 Å². The molecule has 142 valence electrons. The van der Waals surface area contributed by atoms with Gasteiger partial charge in [-0.05, 0) is 45.4 Å². The van der Waals surface area contributed by atoms with Crippen LogP contribution in [0.3, 0.4) is 0 Å². The molecule has 0 saturated heterocycles. The monoisotopic (exact) mass is 383 g/mol. The first-order chi connectivity index (χ1) is 12.4. The predicted molar refractivity (Wildman–Crippen MR) is 96.4 cm³/mol. The highest BCUT2D eigenvalue weighted by atomic mass is 35.5. The molecule has 1 fully saturated rings. The highest BCUT2D eigenvalue weighted by molar-refractivity contribution is 6.32. The molecule has 0 radical (unpaired) electrons. The van der Waals surface area contributed by atoms with Gasteiger partial charge in [0.15, 0.2) is 5.15 Å². The number of nitrogens with zero attached hydrogens (tertiary/aromatic N) is 4. The maximum atomic E-state index is 14.0. The Morgan fingerprint density at radius 3 is 2.77 bits per heavy atom. The summed E-state index contributed by atoms with van der Waals surface area (Å²) in [6.07, 6.45) is 5.82. The number of halogens is 2. The molecule has 0 aromatic carbocycles. The second kappa shape index (κ2) is 8.18. The van der Waals surface area contributed by atoms with Gasteiger partial charge in [0.05, 0.1) is 30.8 Å². The van der Waals surface area contributed by atoms with Crippen molar-refractivity contribution >= 4 is 23.2 Å². The molecular formula is C17H23ClFN5O2. The molecule has 0 aliphatic heterocycles. The molecule has 0 bridgehead atoms. The highest BCUT2D eigenvalue weighted by Gasteiger charge is 2.21. The fourth-order valence-corrected chi connectivity index (χ4v) is 3.04. The van der Waals surface area contributed by atoms with Gasteiger partial charge >= 0.3 is 0 Å². The van der Waals surface area contributed by atoms with E-state index in [4.69, 9.17) is 16.3 Å². The van der Waals surface area contributed by atoms with E-state index in [0.717, 1.165) is 31.9 Å². The Bertz CT molecular complexity index is 747. The number of anilines is 2. The van der Waals surface area contributed by atoms with Crippen LogP contribution >= 0.6 is 11.6 Å². The molecule has 2 aromatic rings. The van der Waals surface area contributed by atoms with Crippen molar-refractivity contribution < 1.29 is 14.2 Å². The summed E-state index contributed by atoms with van der Waals surface area (Å²) in [7, 11) is 0. The Morgan fingerprint density at radius 1 is 1.38 bits per heavy atom. The number of hydrogen-bond acceptors (Lipinski definition) is 6. The van der Waals surface area contributed by atoms with E-state index in [1.54, 1.807) is 10.9 Å². The number of hydrogen-bond donors (Lipinski definition) is 2. The van der Waals surface area contributed by atoms with Gasteiger partial charge in [0.1, 0.15) is 0 Å². The molecule has 1 saturated carbocycles. The van der Waals surface area contributed by atoms with Gasteiger partial charge < -0.3 is 15.2 Å². The number of aliphatic hydroxyl groups excluding tert-OH is 1. The number of rotatable bonds is 6. The normalized spacial score (nSPS) is 20.4. The first kappa shape index (κ1) is 18.8. The first-order valence-corrected chi connectivity index (χ1v) is 9.15. The maximum absolute atomic E-state index is 14.0. The average molecular weight is 384 g/mol. The van der Waals surface area contributed by atoms with Gasteiger partial charge in [0.2, 0.25) is 11.8 Å². The third kappa shape index (κ3) is 4.62. The number of aromatic nitrogens is 4. The van der Waals surface area contributed by atoms with Crippen molar-refractivity contribution in [2.75, 3.05) is 11.9 Å². The second-order valence-electron chi connectivity index (χ2n) is 6.86. The molecule has 0 spiro atoms. The van der Waals surface area contributed by atoms with Crippen molar-refractivity contribution in [3.05, 3.63) is 23.4 Å². The van der Waals surface area contributed by atoms with E-state index in [1.807, 2.05) is 13.8 Å². The minimum absolute atomic E-state index is 0.0963. The van der Waals surface area contributed by atoms with Crippen LogP contribution in [0.5, 0.6) is 5.88 Å². The van der Waals surface area contributed by atoms with Crippen LogP contribution in [-0.4, -0.2) is 37.6 Å². The summed E-state index contributed by atoms with van der Waals surface area (Å²) in [6, 6.07) is 0.157. The SMILES string of the molecule is CC(C)n1cc(Nc2ncc(F)c(OC[C@H]3CC[C@H](O)CC3)n2)c(Cl)n1. The van der Waals surface area contributed by atoms with Crippen molar-refractivity contribution in [3.8, 4) is 5.88 Å². The largest absolute Gasteiger partial charge is 0.475 e. The van der Waals surface area contributed by atoms with Crippen LogP contribution in [0.15, 0.2) is 12.4 Å². The predicted octanol–water partition coefficient (Wildman–Crippen LogP) is 3.72. The minimum Gasteiger partial charge on any atom is -0.475 e. The second-order valence-corrected chi connectivity index (χ2v) is 7.22. The number of nitrogens with one attached hydrogen (secondary N) is 1. The van der Waals surface area contributed by atoms with Crippen LogP contribution in [0.4, 0.5) is 16.0 Å². The minimum atomic E-state index is -0.615. The summed E-state index contributed by atoms with van der Waals surface area (Å²) < 4.78 is 21.2. The number of aliphatic hydroxyl groups is 1. The standard InChI is InChI=1S/C17H23ClFN5O2/c1-10(2)24-8-14(15(18)23-24)21-17-20-7-13(19)16(22-17)26-9-11-3-5-12(25)6-4-11/h7-8,10-12,25H,3-6,9H2,1-2H3,(H,20,21,22)/t11-,12-. The van der Waals surface area contributed by atoms with Crippen molar-refractivity contribution in [1.82, 2.24) is 19.7 Å². The molecular weight excluding hydrogens is 361 g/mol. The van der Waals surface area contributed by atoms with Crippen molar-refractivity contribution in [1.29, 1.82) is 0 Å². The van der Waals surface area contributed by atoms with E-state index in [9.17, 15) is 9.50 Å². The van der Waals surface area contributed by atoms with Gasteiger partial charge in [-0.25, -0.2) is 4.98 Å². The molecule has 0 unspecified atom stereocenters. The lowest BCUT2D eigenvalue weighted by atomic mass is 9.88. The summed E-state index contributed by atoms with van der Waals surface area (Å²) in [6.45, 7) is 4.33. The quantitative estimate of drug-likeness (QED) is 0.790. The zero-order chi connectivity index (χ0) is 18.7. The molecule has 26 heavy (non-hydrogen) atoms. The Kier molecular flexibility index (Phi) is 5.93. The van der Waals surface area contributed by atoms with Gasteiger partial charge in [-0.1, -0.05) is 11.6 Å². The molecule has 0 amide bonds. The van der Waals surface area contributed by atoms with E-state index < -0.39 is 5.82 Å². The van der Waals surface area contributed by atoms with Crippen molar-refractivity contribution in [3.63, 3.8) is 0 Å². The van der Waals surface area contributed by atoms with E-state index in [1.165, 1.54) is 0 Å². The van der Waals surface area contributed by atoms with E-state index in [2.05, 4.69) is 20.4 Å². The molecule has 1 aliphatic rings. The zero-order valence-corrected chi connectivity index (χ0v) is 15.6. The summed E-state index contributed by atoms with van der Waals surface area (Å²) in [5, 5.41) is 17.0. The van der Waals surface area contributed by atoms with Crippen molar-refractivity contribution in [2.24, 2.45) is 5.92 Å². The van der Waals surface area contributed by atoms with Crippen LogP contribution in [0, 0.1) is 11.7 Å². The van der Waals surface area contributed by atoms with Crippen LogP contribution < -0.4 is 10.1 Å². The molecule has 1 aliphatic carbocycles. The van der Waals surface area contributed by atoms with Gasteiger partial charge in [0.25, 0.3) is 5.88 Å². The van der Waals surface area contributed by atoms with Crippen LogP contribution in [0.2, 0.25) is 5.15 Å². The topological polar surface area (TPSA) is 85.1 Å². The average Bonchev–Trinajstić information content (AvgIpc) is 2.98. The van der Waals surface area contributed by atoms with Crippen LogP contribution in [-0.2, 0) is 0 Å². The summed E-state index contributed by atoms with van der Waals surface area (Å²) in [4.78, 5) is 8.03. The summed E-state index contributed by atoms with van der Waals surface area (Å²) in [5.41, 5.74) is 0.541. The summed E-state index contributed by atoms with van der Waals surface area (Å²) in [5.74, 6) is -0.232. The fraction of sp³-hybridized carbons (Fsp3) is 0.588. The molecule has 2 heterocycles. The lowest BCUT2D eigenvalue weighted by Gasteiger charge is -2.25. The Morgan fingerprint density at radius 2 is 2.12 bits per heavy atom. The molecule has 7 nitrogen and oxygen atoms in total. The Labute approximate surface area is 156 Å². The number of ether oxygens (including phenoxy) is 1. The van der Waals surface area contributed by atoms with Gasteiger partial charge in [0, 0.05) is 6.04 Å². The molecule has 2 aromatic heterocycles. The fourth-order valence-electron chi connectivity index (χ4n) is 2.86. The van der Waals surface area contributed by atoms with E-state index >= 15 is 0 Å². The van der Waals surface area contributed by atoms with Gasteiger partial charge in [-0.2, -0.15) is 14.5 Å². The highest BCUT2D eigenvalue weighted by Crippen LogP contribution is 2.27. The Hall–Kier alpha value is -1.93. The third-order valence-corrected chi connectivity index (χ3v) is 4.73. The smallest absolute Gasteiger partial charge is 0.255 e. The van der Waals surface area contributed by atoms with Crippen LogP contribution in [0.25, 0.3) is 0 Å². The summed E-state index contributed by atoms with van der Waals surface area (Å²) >= 11 is 6.11.